The number of anilines is 1. The van der Waals surface area contributed by atoms with Crippen LogP contribution in [0.25, 0.3) is 0 Å². The van der Waals surface area contributed by atoms with Crippen LogP contribution in [0.5, 0.6) is 5.75 Å². The van der Waals surface area contributed by atoms with Crippen LogP contribution in [-0.2, 0) is 6.54 Å². The monoisotopic (exact) mass is 397 g/mol. The molecule has 0 saturated carbocycles. The molecule has 150 valence electrons. The maximum atomic E-state index is 12.9. The first kappa shape index (κ1) is 21.0. The molecule has 0 aliphatic rings. The first-order valence-electron chi connectivity index (χ1n) is 8.04. The first-order chi connectivity index (χ1) is 13.0. The van der Waals surface area contributed by atoms with E-state index in [0.717, 1.165) is 12.1 Å². The molecule has 0 N–H and O–H groups in total. The van der Waals surface area contributed by atoms with Gasteiger partial charge in [0.05, 0.1) is 10.5 Å². The summed E-state index contributed by atoms with van der Waals surface area (Å²) in [6, 6.07) is 9.34. The van der Waals surface area contributed by atoms with E-state index in [-0.39, 0.29) is 23.4 Å². The van der Waals surface area contributed by atoms with E-state index in [2.05, 4.69) is 4.74 Å². The van der Waals surface area contributed by atoms with E-state index in [4.69, 9.17) is 0 Å². The third-order valence-electron chi connectivity index (χ3n) is 3.86. The van der Waals surface area contributed by atoms with Crippen molar-refractivity contribution < 1.29 is 27.6 Å². The topological polar surface area (TPSA) is 75.9 Å². The molecule has 0 aliphatic heterocycles. The normalized spacial score (nSPS) is 11.1. The van der Waals surface area contributed by atoms with E-state index in [1.165, 1.54) is 42.3 Å². The molecule has 0 fully saturated rings. The van der Waals surface area contributed by atoms with Crippen LogP contribution in [0.4, 0.5) is 24.5 Å². The Morgan fingerprint density at radius 1 is 1.14 bits per heavy atom. The van der Waals surface area contributed by atoms with E-state index >= 15 is 0 Å². The number of hydrogen-bond acceptors (Lipinski definition) is 5. The number of alkyl halides is 3. The third-order valence-corrected chi connectivity index (χ3v) is 3.86. The Balaban J connectivity index is 2.34. The fourth-order valence-corrected chi connectivity index (χ4v) is 2.59. The van der Waals surface area contributed by atoms with Gasteiger partial charge in [-0.1, -0.05) is 18.2 Å². The summed E-state index contributed by atoms with van der Waals surface area (Å²) in [7, 11) is 4.74. The molecule has 0 spiro atoms. The summed E-state index contributed by atoms with van der Waals surface area (Å²) < 4.78 is 41.7. The minimum atomic E-state index is -4.86. The van der Waals surface area contributed by atoms with Gasteiger partial charge in [0.25, 0.3) is 11.6 Å². The Hall–Kier alpha value is -3.30. The first-order valence-corrected chi connectivity index (χ1v) is 8.04. The molecule has 2 rings (SSSR count). The van der Waals surface area contributed by atoms with Crippen LogP contribution in [0.3, 0.4) is 0 Å². The predicted octanol–water partition coefficient (Wildman–Crippen LogP) is 3.83. The van der Waals surface area contributed by atoms with Gasteiger partial charge in [-0.25, -0.2) is 0 Å². The molecular weight excluding hydrogens is 379 g/mol. The second kappa shape index (κ2) is 8.15. The molecule has 0 atom stereocenters. The van der Waals surface area contributed by atoms with Gasteiger partial charge >= 0.3 is 6.36 Å². The second-order valence-corrected chi connectivity index (χ2v) is 6.17. The van der Waals surface area contributed by atoms with Gasteiger partial charge in [0, 0.05) is 51.1 Å². The number of nitro groups is 1. The molecule has 0 unspecified atom stereocenters. The van der Waals surface area contributed by atoms with Gasteiger partial charge < -0.3 is 14.5 Å². The van der Waals surface area contributed by atoms with Crippen molar-refractivity contribution in [3.05, 3.63) is 63.7 Å². The van der Waals surface area contributed by atoms with E-state index in [1.807, 2.05) is 0 Å². The van der Waals surface area contributed by atoms with Crippen molar-refractivity contribution in [3.63, 3.8) is 0 Å². The lowest BCUT2D eigenvalue weighted by atomic mass is 10.1. The van der Waals surface area contributed by atoms with Crippen molar-refractivity contribution in [1.29, 1.82) is 0 Å². The Kier molecular flexibility index (Phi) is 6.12. The fourth-order valence-electron chi connectivity index (χ4n) is 2.59. The predicted molar refractivity (Wildman–Crippen MR) is 96.3 cm³/mol. The number of rotatable bonds is 6. The highest BCUT2D eigenvalue weighted by Gasteiger charge is 2.32. The lowest BCUT2D eigenvalue weighted by Crippen LogP contribution is -2.28. The van der Waals surface area contributed by atoms with Crippen molar-refractivity contribution in [1.82, 2.24) is 4.90 Å². The lowest BCUT2D eigenvalue weighted by Gasteiger charge is -2.23. The summed E-state index contributed by atoms with van der Waals surface area (Å²) >= 11 is 0. The highest BCUT2D eigenvalue weighted by atomic mass is 19.4. The summed E-state index contributed by atoms with van der Waals surface area (Å²) in [5.74, 6) is -0.990. The van der Waals surface area contributed by atoms with Crippen molar-refractivity contribution in [3.8, 4) is 5.75 Å². The molecule has 0 saturated heterocycles. The molecule has 0 heterocycles. The largest absolute Gasteiger partial charge is 0.573 e. The van der Waals surface area contributed by atoms with Gasteiger partial charge in [0.2, 0.25) is 0 Å². The van der Waals surface area contributed by atoms with Crippen LogP contribution in [0.2, 0.25) is 0 Å². The van der Waals surface area contributed by atoms with E-state index in [1.54, 1.807) is 19.0 Å². The molecule has 1 amide bonds. The molecule has 7 nitrogen and oxygen atoms in total. The number of benzene rings is 2. The number of non-ortho nitro benzene ring substituents is 1. The number of hydrogen-bond donors (Lipinski definition) is 0. The molecule has 2 aromatic rings. The number of nitro benzene ring substituents is 1. The van der Waals surface area contributed by atoms with Gasteiger partial charge in [0.1, 0.15) is 5.75 Å². The Labute approximate surface area is 159 Å². The van der Waals surface area contributed by atoms with Crippen LogP contribution in [0, 0.1) is 10.1 Å². The van der Waals surface area contributed by atoms with E-state index in [0.29, 0.717) is 5.69 Å². The zero-order valence-electron chi connectivity index (χ0n) is 15.4. The Morgan fingerprint density at radius 2 is 1.79 bits per heavy atom. The van der Waals surface area contributed by atoms with Gasteiger partial charge in [-0.05, 0) is 12.1 Å². The van der Waals surface area contributed by atoms with Crippen molar-refractivity contribution in [2.24, 2.45) is 0 Å². The van der Waals surface area contributed by atoms with E-state index in [9.17, 15) is 28.1 Å². The highest BCUT2D eigenvalue weighted by molar-refractivity contribution is 6.00. The number of ether oxygens (including phenoxy) is 1. The minimum Gasteiger partial charge on any atom is -0.405 e. The number of para-hydroxylation sites is 1. The highest BCUT2D eigenvalue weighted by Crippen LogP contribution is 2.29. The van der Waals surface area contributed by atoms with Gasteiger partial charge in [-0.2, -0.15) is 0 Å². The maximum Gasteiger partial charge on any atom is 0.573 e. The summed E-state index contributed by atoms with van der Waals surface area (Å²) in [6.07, 6.45) is -4.86. The number of carbonyl (C=O) groups is 1. The summed E-state index contributed by atoms with van der Waals surface area (Å²) in [5, 5.41) is 11.0. The lowest BCUT2D eigenvalue weighted by molar-refractivity contribution is -0.384. The van der Waals surface area contributed by atoms with Crippen LogP contribution in [0.15, 0.2) is 42.5 Å². The second-order valence-electron chi connectivity index (χ2n) is 6.17. The quantitative estimate of drug-likeness (QED) is 0.547. The molecule has 0 aromatic heterocycles. The van der Waals surface area contributed by atoms with Crippen LogP contribution >= 0.6 is 0 Å². The Bertz CT molecular complexity index is 885. The zero-order valence-corrected chi connectivity index (χ0v) is 15.4. The van der Waals surface area contributed by atoms with Crippen molar-refractivity contribution in [2.75, 3.05) is 26.0 Å². The number of carbonyl (C=O) groups excluding carboxylic acids is 1. The average Bonchev–Trinajstić information content (AvgIpc) is 2.60. The van der Waals surface area contributed by atoms with E-state index < -0.39 is 22.9 Å². The van der Waals surface area contributed by atoms with Crippen LogP contribution in [-0.4, -0.2) is 43.2 Å². The standard InChI is InChI=1S/C18H18F3N3O4/c1-22(2)15-9-8-13(24(26)27)10-14(15)17(25)23(3)11-12-6-4-5-7-16(12)28-18(19,20)21/h4-10H,11H2,1-3H3. The molecule has 28 heavy (non-hydrogen) atoms. The third kappa shape index (κ3) is 5.12. The number of halogens is 3. The van der Waals surface area contributed by atoms with Crippen molar-refractivity contribution in [2.45, 2.75) is 12.9 Å². The number of nitrogens with zero attached hydrogens (tertiary/aromatic N) is 3. The maximum absolute atomic E-state index is 12.9. The SMILES string of the molecule is CN(Cc1ccccc1OC(F)(F)F)C(=O)c1cc([N+](=O)[O-])ccc1N(C)C. The fraction of sp³-hybridized carbons (Fsp3) is 0.278. The molecular formula is C18H18F3N3O4. The summed E-state index contributed by atoms with van der Waals surface area (Å²) in [4.78, 5) is 26.1. The summed E-state index contributed by atoms with van der Waals surface area (Å²) in [6.45, 7) is -0.180. The molecule has 2 aromatic carbocycles. The number of amides is 1. The zero-order chi connectivity index (χ0) is 21.1. The Morgan fingerprint density at radius 3 is 2.36 bits per heavy atom. The molecule has 0 aliphatic carbocycles. The van der Waals surface area contributed by atoms with Crippen LogP contribution < -0.4 is 9.64 Å². The molecule has 10 heteroatoms. The minimum absolute atomic E-state index is 0.0657. The average molecular weight is 397 g/mol. The smallest absolute Gasteiger partial charge is 0.405 e. The van der Waals surface area contributed by atoms with Gasteiger partial charge in [0.15, 0.2) is 0 Å². The van der Waals surface area contributed by atoms with Crippen molar-refractivity contribution >= 4 is 17.3 Å². The molecule has 0 bridgehead atoms. The summed E-state index contributed by atoms with van der Waals surface area (Å²) in [5.41, 5.74) is 0.397. The van der Waals surface area contributed by atoms with Crippen LogP contribution in [0.1, 0.15) is 15.9 Å². The molecule has 0 radical (unpaired) electrons. The van der Waals surface area contributed by atoms with Gasteiger partial charge in [-0.15, -0.1) is 13.2 Å². The van der Waals surface area contributed by atoms with Gasteiger partial charge in [-0.3, -0.25) is 14.9 Å².